The topological polar surface area (TPSA) is 58.6 Å². The Labute approximate surface area is 100 Å². The van der Waals surface area contributed by atoms with Crippen molar-refractivity contribution in [1.29, 1.82) is 0 Å². The van der Waals surface area contributed by atoms with Gasteiger partial charge in [0, 0.05) is 29.6 Å². The molecule has 0 atom stereocenters. The van der Waals surface area contributed by atoms with Gasteiger partial charge in [0.2, 0.25) is 0 Å². The number of imidazole rings is 1. The van der Waals surface area contributed by atoms with Gasteiger partial charge in [0.25, 0.3) is 0 Å². The molecule has 88 valence electrons. The number of H-pyrrole nitrogens is 1. The zero-order valence-corrected chi connectivity index (χ0v) is 10.2. The zero-order valence-electron chi connectivity index (χ0n) is 10.2. The van der Waals surface area contributed by atoms with E-state index in [0.717, 1.165) is 5.56 Å². The smallest absolute Gasteiger partial charge is 0.188 e. The first kappa shape index (κ1) is 11.5. The van der Waals surface area contributed by atoms with Crippen LogP contribution < -0.4 is 0 Å². The Kier molecular flexibility index (Phi) is 2.79. The van der Waals surface area contributed by atoms with Crippen molar-refractivity contribution in [2.75, 3.05) is 0 Å². The highest BCUT2D eigenvalue weighted by molar-refractivity contribution is 5.98. The van der Waals surface area contributed by atoms with Crippen LogP contribution in [0.15, 0.2) is 30.7 Å². The molecule has 0 aromatic carbocycles. The van der Waals surface area contributed by atoms with E-state index in [9.17, 15) is 4.79 Å². The number of hydrogen-bond acceptors (Lipinski definition) is 3. The molecular formula is C13H15N3O. The van der Waals surface area contributed by atoms with E-state index in [-0.39, 0.29) is 5.78 Å². The Balaban J connectivity index is 2.32. The Morgan fingerprint density at radius 3 is 2.71 bits per heavy atom. The molecule has 0 saturated carbocycles. The third-order valence-corrected chi connectivity index (χ3v) is 2.43. The quantitative estimate of drug-likeness (QED) is 0.805. The largest absolute Gasteiger partial charge is 0.344 e. The summed E-state index contributed by atoms with van der Waals surface area (Å²) in [6.07, 6.45) is 5.06. The van der Waals surface area contributed by atoms with Crippen molar-refractivity contribution in [2.45, 2.75) is 20.8 Å². The van der Waals surface area contributed by atoms with Crippen LogP contribution >= 0.6 is 0 Å². The first-order valence-corrected chi connectivity index (χ1v) is 5.49. The molecule has 0 aliphatic rings. The van der Waals surface area contributed by atoms with Crippen LogP contribution in [0.4, 0.5) is 0 Å². The Bertz CT molecular complexity index is 523. The summed E-state index contributed by atoms with van der Waals surface area (Å²) in [7, 11) is 0. The summed E-state index contributed by atoms with van der Waals surface area (Å²) in [5.74, 6) is 0.703. The van der Waals surface area contributed by atoms with Gasteiger partial charge in [0.15, 0.2) is 5.78 Å². The van der Waals surface area contributed by atoms with Gasteiger partial charge in [-0.2, -0.15) is 0 Å². The number of hydrogen-bond donors (Lipinski definition) is 1. The molecule has 0 aliphatic carbocycles. The van der Waals surface area contributed by atoms with E-state index in [1.807, 2.05) is 32.9 Å². The SMILES string of the molecule is CC(C)(C)C(=O)c1c[nH]c(-c2cccnc2)n1. The molecule has 2 aromatic heterocycles. The van der Waals surface area contributed by atoms with Gasteiger partial charge in [-0.1, -0.05) is 20.8 Å². The average molecular weight is 229 g/mol. The van der Waals surface area contributed by atoms with Gasteiger partial charge >= 0.3 is 0 Å². The number of carbonyl (C=O) groups excluding carboxylic acids is 1. The lowest BCUT2D eigenvalue weighted by Gasteiger charge is -2.13. The molecule has 0 radical (unpaired) electrons. The van der Waals surface area contributed by atoms with Gasteiger partial charge in [-0.25, -0.2) is 4.98 Å². The first-order valence-electron chi connectivity index (χ1n) is 5.49. The fourth-order valence-electron chi connectivity index (χ4n) is 1.47. The van der Waals surface area contributed by atoms with Crippen LogP contribution in [0.2, 0.25) is 0 Å². The summed E-state index contributed by atoms with van der Waals surface area (Å²) in [4.78, 5) is 23.3. The maximum absolute atomic E-state index is 12.0. The van der Waals surface area contributed by atoms with E-state index in [4.69, 9.17) is 0 Å². The number of carbonyl (C=O) groups is 1. The molecule has 0 saturated heterocycles. The van der Waals surface area contributed by atoms with Crippen LogP contribution in [0.1, 0.15) is 31.3 Å². The van der Waals surface area contributed by atoms with Gasteiger partial charge in [-0.05, 0) is 12.1 Å². The van der Waals surface area contributed by atoms with Crippen LogP contribution in [-0.4, -0.2) is 20.7 Å². The fraction of sp³-hybridized carbons (Fsp3) is 0.308. The molecule has 0 fully saturated rings. The predicted molar refractivity (Wildman–Crippen MR) is 65.6 cm³/mol. The van der Waals surface area contributed by atoms with Crippen molar-refractivity contribution < 1.29 is 4.79 Å². The van der Waals surface area contributed by atoms with Crippen molar-refractivity contribution in [3.05, 3.63) is 36.4 Å². The lowest BCUT2D eigenvalue weighted by Crippen LogP contribution is -2.20. The van der Waals surface area contributed by atoms with E-state index < -0.39 is 5.41 Å². The molecule has 0 spiro atoms. The minimum absolute atomic E-state index is 0.0314. The summed E-state index contributed by atoms with van der Waals surface area (Å²) in [5.41, 5.74) is 0.929. The lowest BCUT2D eigenvalue weighted by atomic mass is 9.89. The zero-order chi connectivity index (χ0) is 12.5. The lowest BCUT2D eigenvalue weighted by molar-refractivity contribution is 0.0853. The molecular weight excluding hydrogens is 214 g/mol. The molecule has 2 rings (SSSR count). The van der Waals surface area contributed by atoms with E-state index >= 15 is 0 Å². The minimum Gasteiger partial charge on any atom is -0.344 e. The number of nitrogens with zero attached hydrogens (tertiary/aromatic N) is 2. The molecule has 4 nitrogen and oxygen atoms in total. The van der Waals surface area contributed by atoms with Crippen molar-refractivity contribution in [3.63, 3.8) is 0 Å². The number of pyridine rings is 1. The summed E-state index contributed by atoms with van der Waals surface area (Å²) < 4.78 is 0. The van der Waals surface area contributed by atoms with Crippen LogP contribution in [-0.2, 0) is 0 Å². The number of rotatable bonds is 2. The Hall–Kier alpha value is -1.97. The maximum Gasteiger partial charge on any atom is 0.188 e. The molecule has 0 aliphatic heterocycles. The number of nitrogens with one attached hydrogen (secondary N) is 1. The summed E-state index contributed by atoms with van der Waals surface area (Å²) in [6.45, 7) is 5.65. The molecule has 4 heteroatoms. The maximum atomic E-state index is 12.0. The Morgan fingerprint density at radius 1 is 1.35 bits per heavy atom. The number of Topliss-reactive ketones (excluding diaryl/α,β-unsaturated/α-hetero) is 1. The fourth-order valence-corrected chi connectivity index (χ4v) is 1.47. The average Bonchev–Trinajstić information content (AvgIpc) is 2.77. The first-order chi connectivity index (χ1) is 7.98. The van der Waals surface area contributed by atoms with Crippen molar-refractivity contribution >= 4 is 5.78 Å². The summed E-state index contributed by atoms with van der Waals surface area (Å²) in [5, 5.41) is 0. The van der Waals surface area contributed by atoms with Gasteiger partial charge in [-0.3, -0.25) is 9.78 Å². The second-order valence-corrected chi connectivity index (χ2v) is 4.96. The van der Waals surface area contributed by atoms with Crippen molar-refractivity contribution in [3.8, 4) is 11.4 Å². The molecule has 0 unspecified atom stereocenters. The number of ketones is 1. The van der Waals surface area contributed by atoms with Crippen LogP contribution in [0, 0.1) is 5.41 Å². The van der Waals surface area contributed by atoms with Crippen molar-refractivity contribution in [2.24, 2.45) is 5.41 Å². The minimum atomic E-state index is -0.415. The van der Waals surface area contributed by atoms with Crippen LogP contribution in [0.3, 0.4) is 0 Å². The van der Waals surface area contributed by atoms with Gasteiger partial charge in [-0.15, -0.1) is 0 Å². The van der Waals surface area contributed by atoms with E-state index in [1.165, 1.54) is 0 Å². The highest BCUT2D eigenvalue weighted by atomic mass is 16.1. The second kappa shape index (κ2) is 4.13. The molecule has 17 heavy (non-hydrogen) atoms. The molecule has 2 heterocycles. The van der Waals surface area contributed by atoms with E-state index in [2.05, 4.69) is 15.0 Å². The van der Waals surface area contributed by atoms with Crippen LogP contribution in [0.25, 0.3) is 11.4 Å². The highest BCUT2D eigenvalue weighted by Crippen LogP contribution is 2.21. The Morgan fingerprint density at radius 2 is 2.12 bits per heavy atom. The van der Waals surface area contributed by atoms with Crippen molar-refractivity contribution in [1.82, 2.24) is 15.0 Å². The molecule has 2 aromatic rings. The second-order valence-electron chi connectivity index (χ2n) is 4.96. The summed E-state index contributed by atoms with van der Waals surface area (Å²) >= 11 is 0. The van der Waals surface area contributed by atoms with E-state index in [1.54, 1.807) is 18.6 Å². The van der Waals surface area contributed by atoms with E-state index in [0.29, 0.717) is 11.5 Å². The normalized spacial score (nSPS) is 11.5. The number of aromatic nitrogens is 3. The third-order valence-electron chi connectivity index (χ3n) is 2.43. The summed E-state index contributed by atoms with van der Waals surface area (Å²) in [6, 6.07) is 3.74. The van der Waals surface area contributed by atoms with Gasteiger partial charge in [0.1, 0.15) is 11.5 Å². The third kappa shape index (κ3) is 2.41. The highest BCUT2D eigenvalue weighted by Gasteiger charge is 2.25. The molecule has 1 N–H and O–H groups in total. The monoisotopic (exact) mass is 229 g/mol. The van der Waals surface area contributed by atoms with Crippen LogP contribution in [0.5, 0.6) is 0 Å². The molecule has 0 bridgehead atoms. The standard InChI is InChI=1S/C13H15N3O/c1-13(2,3)11(17)10-8-15-12(16-10)9-5-4-6-14-7-9/h4-8H,1-3H3,(H,15,16). The predicted octanol–water partition coefficient (Wildman–Crippen LogP) is 2.70. The van der Waals surface area contributed by atoms with Gasteiger partial charge < -0.3 is 4.98 Å². The molecule has 0 amide bonds. The number of aromatic amines is 1. The van der Waals surface area contributed by atoms with Gasteiger partial charge in [0.05, 0.1) is 0 Å².